The first kappa shape index (κ1) is 17.1. The van der Waals surface area contributed by atoms with Crippen LogP contribution in [0.2, 0.25) is 0 Å². The highest BCUT2D eigenvalue weighted by Crippen LogP contribution is 2.39. The van der Waals surface area contributed by atoms with E-state index in [1.54, 1.807) is 11.3 Å². The summed E-state index contributed by atoms with van der Waals surface area (Å²) in [6.07, 6.45) is 1.50. The second kappa shape index (κ2) is 7.13. The van der Waals surface area contributed by atoms with Gasteiger partial charge < -0.3 is 0 Å². The first-order valence-corrected chi connectivity index (χ1v) is 9.85. The summed E-state index contributed by atoms with van der Waals surface area (Å²) < 4.78 is 27.8. The Hall–Kier alpha value is -2.31. The highest BCUT2D eigenvalue weighted by molar-refractivity contribution is 7.98. The Balaban J connectivity index is 1.74. The number of benzene rings is 2. The lowest BCUT2D eigenvalue weighted by atomic mass is 10.1. The van der Waals surface area contributed by atoms with Crippen LogP contribution in [0, 0.1) is 18.6 Å². The molecule has 0 amide bonds. The summed E-state index contributed by atoms with van der Waals surface area (Å²) in [6.45, 7) is 2.04. The summed E-state index contributed by atoms with van der Waals surface area (Å²) in [7, 11) is 0. The average molecular weight is 384 g/mol. The number of aromatic nitrogens is 2. The Kier molecular flexibility index (Phi) is 4.70. The zero-order valence-electron chi connectivity index (χ0n) is 13.9. The van der Waals surface area contributed by atoms with Gasteiger partial charge >= 0.3 is 0 Å². The van der Waals surface area contributed by atoms with Gasteiger partial charge in [0.2, 0.25) is 0 Å². The molecule has 2 aromatic heterocycles. The third-order valence-electron chi connectivity index (χ3n) is 4.11. The van der Waals surface area contributed by atoms with Gasteiger partial charge in [0.1, 0.15) is 27.8 Å². The quantitative estimate of drug-likeness (QED) is 0.308. The maximum Gasteiger partial charge on any atom is 0.130 e. The number of nitrogens with zero attached hydrogens (tertiary/aromatic N) is 2. The van der Waals surface area contributed by atoms with Crippen molar-refractivity contribution in [3.05, 3.63) is 76.9 Å². The van der Waals surface area contributed by atoms with E-state index in [4.69, 9.17) is 0 Å². The molecule has 0 spiro atoms. The number of hydrogen-bond acceptors (Lipinski definition) is 4. The molecule has 2 heterocycles. The highest BCUT2D eigenvalue weighted by atomic mass is 32.2. The molecule has 0 atom stereocenters. The summed E-state index contributed by atoms with van der Waals surface area (Å²) in [6, 6.07) is 12.2. The number of thiophene rings is 1. The van der Waals surface area contributed by atoms with E-state index in [9.17, 15) is 8.78 Å². The van der Waals surface area contributed by atoms with E-state index < -0.39 is 11.6 Å². The summed E-state index contributed by atoms with van der Waals surface area (Å²) in [5.41, 5.74) is 3.38. The number of hydrogen-bond donors (Lipinski definition) is 0. The van der Waals surface area contributed by atoms with Gasteiger partial charge in [-0.3, -0.25) is 0 Å². The number of fused-ring (bicyclic) bond motifs is 1. The monoisotopic (exact) mass is 384 g/mol. The Morgan fingerprint density at radius 3 is 2.46 bits per heavy atom. The Morgan fingerprint density at radius 1 is 1.00 bits per heavy atom. The summed E-state index contributed by atoms with van der Waals surface area (Å²) >= 11 is 2.87. The Labute approximate surface area is 157 Å². The van der Waals surface area contributed by atoms with Gasteiger partial charge in [0, 0.05) is 22.3 Å². The van der Waals surface area contributed by atoms with Crippen molar-refractivity contribution in [1.82, 2.24) is 9.97 Å². The lowest BCUT2D eigenvalue weighted by Gasteiger charge is -2.07. The molecule has 6 heteroatoms. The van der Waals surface area contributed by atoms with Crippen LogP contribution in [-0.2, 0) is 5.75 Å². The van der Waals surface area contributed by atoms with Gasteiger partial charge in [0.25, 0.3) is 0 Å². The molecule has 0 bridgehead atoms. The number of rotatable bonds is 4. The molecule has 4 aromatic rings. The van der Waals surface area contributed by atoms with Gasteiger partial charge in [-0.2, -0.15) is 0 Å². The predicted octanol–water partition coefficient (Wildman–Crippen LogP) is 6.24. The standard InChI is InChI=1S/C20H14F2N2S2/c1-12-5-7-13(8-6-12)14-9-25-19-18(14)20(24-11-23-19)26-10-15-16(21)3-2-4-17(15)22/h2-9,11H,10H2,1H3. The maximum atomic E-state index is 13.9. The molecule has 0 aliphatic heterocycles. The van der Waals surface area contributed by atoms with Crippen molar-refractivity contribution in [3.63, 3.8) is 0 Å². The van der Waals surface area contributed by atoms with Gasteiger partial charge in [-0.1, -0.05) is 35.9 Å². The van der Waals surface area contributed by atoms with Crippen LogP contribution in [0.5, 0.6) is 0 Å². The molecule has 0 N–H and O–H groups in total. The Morgan fingerprint density at radius 2 is 1.73 bits per heavy atom. The van der Waals surface area contributed by atoms with Gasteiger partial charge in [-0.15, -0.1) is 23.1 Å². The van der Waals surface area contributed by atoms with Crippen LogP contribution in [0.3, 0.4) is 0 Å². The second-order valence-corrected chi connectivity index (χ2v) is 7.69. The second-order valence-electron chi connectivity index (χ2n) is 5.86. The maximum absolute atomic E-state index is 13.9. The third kappa shape index (κ3) is 3.22. The van der Waals surface area contributed by atoms with Crippen molar-refractivity contribution in [3.8, 4) is 11.1 Å². The van der Waals surface area contributed by atoms with Crippen molar-refractivity contribution < 1.29 is 8.78 Å². The topological polar surface area (TPSA) is 25.8 Å². The van der Waals surface area contributed by atoms with E-state index in [1.165, 1.54) is 41.9 Å². The fraction of sp³-hybridized carbons (Fsp3) is 0.100. The van der Waals surface area contributed by atoms with Crippen LogP contribution in [-0.4, -0.2) is 9.97 Å². The van der Waals surface area contributed by atoms with E-state index in [0.29, 0.717) is 0 Å². The summed E-state index contributed by atoms with van der Waals surface area (Å²) in [4.78, 5) is 9.58. The van der Waals surface area contributed by atoms with Crippen LogP contribution < -0.4 is 0 Å². The van der Waals surface area contributed by atoms with Crippen LogP contribution in [0.15, 0.2) is 59.2 Å². The van der Waals surface area contributed by atoms with Gasteiger partial charge in [-0.25, -0.2) is 18.7 Å². The minimum absolute atomic E-state index is 0.0661. The Bertz CT molecular complexity index is 1050. The van der Waals surface area contributed by atoms with E-state index in [-0.39, 0.29) is 11.3 Å². The van der Waals surface area contributed by atoms with Gasteiger partial charge in [-0.05, 0) is 24.6 Å². The fourth-order valence-electron chi connectivity index (χ4n) is 2.71. The number of thioether (sulfide) groups is 1. The molecule has 0 aliphatic carbocycles. The van der Waals surface area contributed by atoms with E-state index in [2.05, 4.69) is 39.6 Å². The molecule has 0 radical (unpaired) electrons. The normalized spacial score (nSPS) is 11.2. The average Bonchev–Trinajstić information content (AvgIpc) is 3.07. The van der Waals surface area contributed by atoms with E-state index in [1.807, 2.05) is 6.92 Å². The molecule has 0 fully saturated rings. The summed E-state index contributed by atoms with van der Waals surface area (Å²) in [5.74, 6) is -0.896. The minimum Gasteiger partial charge on any atom is -0.229 e. The number of aryl methyl sites for hydroxylation is 1. The van der Waals surface area contributed by atoms with Crippen LogP contribution in [0.25, 0.3) is 21.3 Å². The van der Waals surface area contributed by atoms with Crippen LogP contribution in [0.1, 0.15) is 11.1 Å². The smallest absolute Gasteiger partial charge is 0.130 e. The molecule has 2 aromatic carbocycles. The number of halogens is 2. The SMILES string of the molecule is Cc1ccc(-c2csc3ncnc(SCc4c(F)cccc4F)c23)cc1. The fourth-order valence-corrected chi connectivity index (χ4v) is 4.72. The third-order valence-corrected chi connectivity index (χ3v) is 6.02. The largest absolute Gasteiger partial charge is 0.229 e. The molecule has 0 saturated heterocycles. The summed E-state index contributed by atoms with van der Waals surface area (Å²) in [5, 5.41) is 3.72. The lowest BCUT2D eigenvalue weighted by Crippen LogP contribution is -1.94. The molecule has 26 heavy (non-hydrogen) atoms. The van der Waals surface area contributed by atoms with E-state index >= 15 is 0 Å². The van der Waals surface area contributed by atoms with Crippen molar-refractivity contribution in [2.24, 2.45) is 0 Å². The molecule has 130 valence electrons. The van der Waals surface area contributed by atoms with Gasteiger partial charge in [0.05, 0.1) is 5.39 Å². The molecule has 4 rings (SSSR count). The highest BCUT2D eigenvalue weighted by Gasteiger charge is 2.15. The van der Waals surface area contributed by atoms with Crippen molar-refractivity contribution >= 4 is 33.3 Å². The molecule has 0 saturated carbocycles. The zero-order valence-corrected chi connectivity index (χ0v) is 15.5. The molecule has 0 aliphatic rings. The first-order valence-electron chi connectivity index (χ1n) is 7.98. The van der Waals surface area contributed by atoms with Crippen molar-refractivity contribution in [1.29, 1.82) is 0 Å². The van der Waals surface area contributed by atoms with Crippen LogP contribution in [0.4, 0.5) is 8.78 Å². The molecular weight excluding hydrogens is 370 g/mol. The first-order chi connectivity index (χ1) is 12.6. The zero-order chi connectivity index (χ0) is 18.1. The molecule has 0 unspecified atom stereocenters. The van der Waals surface area contributed by atoms with Crippen molar-refractivity contribution in [2.45, 2.75) is 17.7 Å². The molecule has 2 nitrogen and oxygen atoms in total. The molecular formula is C20H14F2N2S2. The van der Waals surface area contributed by atoms with Crippen molar-refractivity contribution in [2.75, 3.05) is 0 Å². The predicted molar refractivity (Wildman–Crippen MR) is 104 cm³/mol. The van der Waals surface area contributed by atoms with Gasteiger partial charge in [0.15, 0.2) is 0 Å². The van der Waals surface area contributed by atoms with Crippen LogP contribution >= 0.6 is 23.1 Å². The minimum atomic E-state index is -0.535. The lowest BCUT2D eigenvalue weighted by molar-refractivity contribution is 0.566. The van der Waals surface area contributed by atoms with E-state index in [0.717, 1.165) is 26.4 Å².